The van der Waals surface area contributed by atoms with Crippen molar-refractivity contribution in [1.82, 2.24) is 5.32 Å². The van der Waals surface area contributed by atoms with Crippen molar-refractivity contribution >= 4 is 17.5 Å². The molecule has 0 bridgehead atoms. The zero-order valence-electron chi connectivity index (χ0n) is 15.9. The Kier molecular flexibility index (Phi) is 6.99. The van der Waals surface area contributed by atoms with Gasteiger partial charge < -0.3 is 15.1 Å². The van der Waals surface area contributed by atoms with Crippen LogP contribution in [0.4, 0.5) is 8.78 Å². The topological polar surface area (TPSA) is 38.0 Å². The van der Waals surface area contributed by atoms with Crippen LogP contribution in [0.5, 0.6) is 0 Å². The summed E-state index contributed by atoms with van der Waals surface area (Å²) in [7, 11) is 0. The van der Waals surface area contributed by atoms with Gasteiger partial charge in [-0.25, -0.2) is 8.78 Å². The standard InChI is InChI=1S/C21H24ClF2N3O/c1-15(19-7-6-18(23)12-20(19)24)25-21(28)14-27-10-8-26(9-11-27)13-16-2-4-17(22)5-3-16/h2-7,12,15H,8-11,13-14H2,1H3,(H,25,28)/p+2/t15-/m0/s1. The molecule has 1 atom stereocenters. The summed E-state index contributed by atoms with van der Waals surface area (Å²) in [5, 5.41) is 3.56. The largest absolute Gasteiger partial charge is 0.345 e. The highest BCUT2D eigenvalue weighted by atomic mass is 35.5. The summed E-state index contributed by atoms with van der Waals surface area (Å²) >= 11 is 5.93. The lowest BCUT2D eigenvalue weighted by Gasteiger charge is -2.29. The molecule has 7 heteroatoms. The van der Waals surface area contributed by atoms with Crippen molar-refractivity contribution < 1.29 is 23.4 Å². The molecule has 0 aromatic heterocycles. The quantitative estimate of drug-likeness (QED) is 0.648. The highest BCUT2D eigenvalue weighted by Crippen LogP contribution is 2.17. The normalized spacial score (nSPS) is 20.6. The fraction of sp³-hybridized carbons (Fsp3) is 0.381. The van der Waals surface area contributed by atoms with Gasteiger partial charge in [0.1, 0.15) is 44.4 Å². The molecule has 150 valence electrons. The number of carbonyl (C=O) groups excluding carboxylic acids is 1. The van der Waals surface area contributed by atoms with Crippen molar-refractivity contribution in [3.05, 3.63) is 70.2 Å². The monoisotopic (exact) mass is 409 g/mol. The predicted molar refractivity (Wildman–Crippen MR) is 104 cm³/mol. The number of benzene rings is 2. The van der Waals surface area contributed by atoms with E-state index >= 15 is 0 Å². The Labute approximate surface area is 169 Å². The van der Waals surface area contributed by atoms with Gasteiger partial charge in [-0.15, -0.1) is 0 Å². The lowest BCUT2D eigenvalue weighted by atomic mass is 10.1. The highest BCUT2D eigenvalue weighted by Gasteiger charge is 2.25. The number of quaternary nitrogens is 2. The van der Waals surface area contributed by atoms with E-state index in [1.165, 1.54) is 27.5 Å². The maximum Gasteiger partial charge on any atom is 0.275 e. The smallest absolute Gasteiger partial charge is 0.275 e. The van der Waals surface area contributed by atoms with Crippen molar-refractivity contribution in [2.75, 3.05) is 32.7 Å². The molecule has 2 aromatic carbocycles. The van der Waals surface area contributed by atoms with Gasteiger partial charge in [-0.1, -0.05) is 29.8 Å². The van der Waals surface area contributed by atoms with Crippen molar-refractivity contribution in [1.29, 1.82) is 0 Å². The summed E-state index contributed by atoms with van der Waals surface area (Å²) in [5.74, 6) is -1.38. The third kappa shape index (κ3) is 5.74. The Hall–Kier alpha value is -2.02. The van der Waals surface area contributed by atoms with E-state index in [0.717, 1.165) is 43.8 Å². The van der Waals surface area contributed by atoms with Gasteiger partial charge in [0.2, 0.25) is 0 Å². The summed E-state index contributed by atoms with van der Waals surface area (Å²) in [6, 6.07) is 10.9. The number of halogens is 3. The van der Waals surface area contributed by atoms with Crippen LogP contribution in [-0.2, 0) is 11.3 Å². The molecule has 2 aromatic rings. The number of piperazine rings is 1. The number of nitrogens with one attached hydrogen (secondary N) is 3. The summed E-state index contributed by atoms with van der Waals surface area (Å²) < 4.78 is 26.9. The Morgan fingerprint density at radius 1 is 1.07 bits per heavy atom. The molecule has 0 unspecified atom stereocenters. The lowest BCUT2D eigenvalue weighted by Crippen LogP contribution is -3.28. The number of amides is 1. The minimum atomic E-state index is -0.639. The molecule has 0 aliphatic carbocycles. The molecule has 1 aliphatic heterocycles. The third-order valence-corrected chi connectivity index (χ3v) is 5.50. The van der Waals surface area contributed by atoms with Crippen LogP contribution in [0.2, 0.25) is 5.02 Å². The Balaban J connectivity index is 1.43. The number of hydrogen-bond donors (Lipinski definition) is 3. The average Bonchev–Trinajstić information content (AvgIpc) is 2.65. The van der Waals surface area contributed by atoms with Crippen LogP contribution in [0.3, 0.4) is 0 Å². The van der Waals surface area contributed by atoms with Crippen molar-refractivity contribution in [3.8, 4) is 0 Å². The number of hydrogen-bond acceptors (Lipinski definition) is 1. The second kappa shape index (κ2) is 9.45. The minimum absolute atomic E-state index is 0.118. The molecule has 0 saturated carbocycles. The number of rotatable bonds is 6. The van der Waals surface area contributed by atoms with Crippen LogP contribution in [0, 0.1) is 11.6 Å². The first-order chi connectivity index (χ1) is 13.4. The molecule has 1 amide bonds. The molecule has 4 nitrogen and oxygen atoms in total. The van der Waals surface area contributed by atoms with E-state index in [0.29, 0.717) is 12.1 Å². The molecule has 1 fully saturated rings. The van der Waals surface area contributed by atoms with E-state index in [2.05, 4.69) is 17.4 Å². The van der Waals surface area contributed by atoms with Crippen LogP contribution in [0.25, 0.3) is 0 Å². The molecular formula is C21H26ClF2N3O+2. The van der Waals surface area contributed by atoms with Crippen LogP contribution in [0.1, 0.15) is 24.1 Å². The lowest BCUT2D eigenvalue weighted by molar-refractivity contribution is -1.02. The molecular weight excluding hydrogens is 384 g/mol. The first-order valence-corrected chi connectivity index (χ1v) is 9.94. The first kappa shape index (κ1) is 20.7. The van der Waals surface area contributed by atoms with Crippen molar-refractivity contribution in [3.63, 3.8) is 0 Å². The van der Waals surface area contributed by atoms with Gasteiger partial charge in [0.05, 0.1) is 6.04 Å². The van der Waals surface area contributed by atoms with E-state index < -0.39 is 17.7 Å². The molecule has 1 saturated heterocycles. The zero-order chi connectivity index (χ0) is 20.1. The molecule has 1 aliphatic rings. The van der Waals surface area contributed by atoms with E-state index in [1.807, 2.05) is 12.1 Å². The second-order valence-corrected chi connectivity index (χ2v) is 7.87. The average molecular weight is 410 g/mol. The molecule has 0 radical (unpaired) electrons. The molecule has 0 spiro atoms. The first-order valence-electron chi connectivity index (χ1n) is 9.56. The van der Waals surface area contributed by atoms with Gasteiger partial charge in [0, 0.05) is 22.2 Å². The van der Waals surface area contributed by atoms with Gasteiger partial charge in [-0.2, -0.15) is 0 Å². The maximum atomic E-state index is 13.8. The molecule has 3 N–H and O–H groups in total. The van der Waals surface area contributed by atoms with Gasteiger partial charge in [0.25, 0.3) is 5.91 Å². The van der Waals surface area contributed by atoms with Crippen molar-refractivity contribution in [2.24, 2.45) is 0 Å². The van der Waals surface area contributed by atoms with Crippen molar-refractivity contribution in [2.45, 2.75) is 19.5 Å². The molecule has 28 heavy (non-hydrogen) atoms. The van der Waals surface area contributed by atoms with Crippen LogP contribution in [0.15, 0.2) is 42.5 Å². The van der Waals surface area contributed by atoms with Gasteiger partial charge in [-0.3, -0.25) is 4.79 Å². The molecule has 3 rings (SSSR count). The minimum Gasteiger partial charge on any atom is -0.345 e. The fourth-order valence-corrected chi connectivity index (χ4v) is 3.78. The summed E-state index contributed by atoms with van der Waals surface area (Å²) in [4.78, 5) is 15.0. The van der Waals surface area contributed by atoms with Crippen LogP contribution >= 0.6 is 11.6 Å². The maximum absolute atomic E-state index is 13.8. The van der Waals surface area contributed by atoms with Gasteiger partial charge >= 0.3 is 0 Å². The SMILES string of the molecule is C[C@H](NC(=O)C[NH+]1CC[NH+](Cc2ccc(Cl)cc2)CC1)c1ccc(F)cc1F. The molecule has 1 heterocycles. The summed E-state index contributed by atoms with van der Waals surface area (Å²) in [5.41, 5.74) is 1.55. The highest BCUT2D eigenvalue weighted by molar-refractivity contribution is 6.30. The van der Waals surface area contributed by atoms with E-state index in [1.54, 1.807) is 6.92 Å². The Bertz CT molecular complexity index is 808. The van der Waals surface area contributed by atoms with E-state index in [9.17, 15) is 13.6 Å². The number of carbonyl (C=O) groups is 1. The van der Waals surface area contributed by atoms with E-state index in [4.69, 9.17) is 11.6 Å². The van der Waals surface area contributed by atoms with Crippen LogP contribution in [-0.4, -0.2) is 38.6 Å². The predicted octanol–water partition coefficient (Wildman–Crippen LogP) is 0.779. The Morgan fingerprint density at radius 3 is 2.36 bits per heavy atom. The summed E-state index contributed by atoms with van der Waals surface area (Å²) in [6.45, 7) is 6.84. The van der Waals surface area contributed by atoms with E-state index in [-0.39, 0.29) is 5.91 Å². The third-order valence-electron chi connectivity index (χ3n) is 5.25. The van der Waals surface area contributed by atoms with Gasteiger partial charge in [0.15, 0.2) is 6.54 Å². The Morgan fingerprint density at radius 2 is 1.71 bits per heavy atom. The summed E-state index contributed by atoms with van der Waals surface area (Å²) in [6.07, 6.45) is 0. The fourth-order valence-electron chi connectivity index (χ4n) is 3.65. The van der Waals surface area contributed by atoms with Crippen LogP contribution < -0.4 is 15.1 Å². The zero-order valence-corrected chi connectivity index (χ0v) is 16.7. The second-order valence-electron chi connectivity index (χ2n) is 7.44. The van der Waals surface area contributed by atoms with Gasteiger partial charge in [-0.05, 0) is 25.1 Å².